The van der Waals surface area contributed by atoms with Gasteiger partial charge in [0.15, 0.2) is 6.10 Å². The van der Waals surface area contributed by atoms with Crippen molar-refractivity contribution in [3.8, 4) is 11.4 Å². The van der Waals surface area contributed by atoms with Gasteiger partial charge in [0.2, 0.25) is 0 Å². The summed E-state index contributed by atoms with van der Waals surface area (Å²) in [5.41, 5.74) is 2.28. The molecule has 0 bridgehead atoms. The van der Waals surface area contributed by atoms with Gasteiger partial charge in [0.05, 0.1) is 18.4 Å². The molecule has 0 spiro atoms. The van der Waals surface area contributed by atoms with Crippen molar-refractivity contribution in [2.45, 2.75) is 19.4 Å². The van der Waals surface area contributed by atoms with Gasteiger partial charge in [-0.1, -0.05) is 12.1 Å². The molecule has 7 nitrogen and oxygen atoms in total. The lowest BCUT2D eigenvalue weighted by Gasteiger charge is -2.14. The number of amides is 1. The summed E-state index contributed by atoms with van der Waals surface area (Å²) >= 11 is 0. The molecule has 150 valence electrons. The number of carbonyl (C=O) groups excluding carboxylic acids is 2. The second-order valence-corrected chi connectivity index (χ2v) is 6.43. The lowest BCUT2D eigenvalue weighted by Crippen LogP contribution is -2.36. The van der Waals surface area contributed by atoms with Gasteiger partial charge in [-0.2, -0.15) is 5.10 Å². The summed E-state index contributed by atoms with van der Waals surface area (Å²) in [6.07, 6.45) is 3.28. The fraction of sp³-hybridized carbons (Fsp3) is 0.227. The van der Waals surface area contributed by atoms with Crippen molar-refractivity contribution in [1.82, 2.24) is 15.1 Å². The molecule has 1 N–H and O–H groups in total. The van der Waals surface area contributed by atoms with E-state index < -0.39 is 12.1 Å². The topological polar surface area (TPSA) is 82.5 Å². The van der Waals surface area contributed by atoms with Gasteiger partial charge in [0.1, 0.15) is 5.75 Å². The van der Waals surface area contributed by atoms with Crippen LogP contribution in [0.25, 0.3) is 5.69 Å². The van der Waals surface area contributed by atoms with E-state index in [4.69, 9.17) is 9.47 Å². The minimum absolute atomic E-state index is 0.333. The Balaban J connectivity index is 1.46. The van der Waals surface area contributed by atoms with Gasteiger partial charge in [-0.15, -0.1) is 0 Å². The van der Waals surface area contributed by atoms with Crippen molar-refractivity contribution in [3.05, 3.63) is 78.1 Å². The molecule has 0 radical (unpaired) electrons. The Labute approximate surface area is 169 Å². The molecular formula is C22H23N3O4. The van der Waals surface area contributed by atoms with Gasteiger partial charge in [-0.05, 0) is 61.4 Å². The summed E-state index contributed by atoms with van der Waals surface area (Å²) in [7, 11) is 1.62. The summed E-state index contributed by atoms with van der Waals surface area (Å²) in [6, 6.07) is 16.3. The summed E-state index contributed by atoms with van der Waals surface area (Å²) in [4.78, 5) is 24.5. The summed E-state index contributed by atoms with van der Waals surface area (Å²) in [6.45, 7) is 2.00. The smallest absolute Gasteiger partial charge is 0.338 e. The third-order valence-electron chi connectivity index (χ3n) is 4.40. The van der Waals surface area contributed by atoms with Crippen molar-refractivity contribution >= 4 is 11.9 Å². The Bertz CT molecular complexity index is 935. The number of methoxy groups -OCH3 is 1. The van der Waals surface area contributed by atoms with Crippen LogP contribution in [0.2, 0.25) is 0 Å². The highest BCUT2D eigenvalue weighted by atomic mass is 16.5. The molecule has 3 aromatic rings. The van der Waals surface area contributed by atoms with Crippen LogP contribution in [0.1, 0.15) is 22.8 Å². The van der Waals surface area contributed by atoms with Gasteiger partial charge in [-0.25, -0.2) is 9.48 Å². The number of esters is 1. The number of benzene rings is 2. The van der Waals surface area contributed by atoms with E-state index in [1.54, 1.807) is 49.2 Å². The normalized spacial score (nSPS) is 11.5. The zero-order valence-electron chi connectivity index (χ0n) is 16.4. The summed E-state index contributed by atoms with van der Waals surface area (Å²) < 4.78 is 12.1. The van der Waals surface area contributed by atoms with Gasteiger partial charge in [0.25, 0.3) is 5.91 Å². The minimum Gasteiger partial charge on any atom is -0.497 e. The van der Waals surface area contributed by atoms with Gasteiger partial charge in [-0.3, -0.25) is 4.79 Å². The molecule has 0 aliphatic heterocycles. The molecule has 0 saturated carbocycles. The highest BCUT2D eigenvalue weighted by Crippen LogP contribution is 2.12. The molecule has 7 heteroatoms. The number of carbonyl (C=O) groups is 2. The first kappa shape index (κ1) is 20.1. The molecule has 0 fully saturated rings. The quantitative estimate of drug-likeness (QED) is 0.595. The van der Waals surface area contributed by atoms with Crippen LogP contribution < -0.4 is 10.1 Å². The molecule has 1 amide bonds. The van der Waals surface area contributed by atoms with Crippen LogP contribution in [0.15, 0.2) is 67.0 Å². The number of hydrogen-bond donors (Lipinski definition) is 1. The van der Waals surface area contributed by atoms with Crippen LogP contribution in [0.5, 0.6) is 5.75 Å². The van der Waals surface area contributed by atoms with Crippen molar-refractivity contribution in [3.63, 3.8) is 0 Å². The molecule has 0 aliphatic carbocycles. The van der Waals surface area contributed by atoms with E-state index in [9.17, 15) is 9.59 Å². The van der Waals surface area contributed by atoms with Gasteiger partial charge >= 0.3 is 5.97 Å². The van der Waals surface area contributed by atoms with Crippen molar-refractivity contribution in [2.24, 2.45) is 0 Å². The highest BCUT2D eigenvalue weighted by molar-refractivity contribution is 5.92. The molecule has 2 aromatic carbocycles. The predicted molar refractivity (Wildman–Crippen MR) is 108 cm³/mol. The SMILES string of the molecule is COc1ccc(CCNC(=O)[C@@H](C)OC(=O)c2ccc(-n3cccn3)cc2)cc1. The summed E-state index contributed by atoms with van der Waals surface area (Å²) in [5, 5.41) is 6.92. The first-order valence-electron chi connectivity index (χ1n) is 9.28. The summed E-state index contributed by atoms with van der Waals surface area (Å²) in [5.74, 6) is -0.0918. The predicted octanol–water partition coefficient (Wildman–Crippen LogP) is 2.79. The van der Waals surface area contributed by atoms with Gasteiger partial charge < -0.3 is 14.8 Å². The van der Waals surface area contributed by atoms with E-state index in [-0.39, 0.29) is 5.91 Å². The first-order chi connectivity index (χ1) is 14.1. The van der Waals surface area contributed by atoms with E-state index in [1.807, 2.05) is 36.5 Å². The van der Waals surface area contributed by atoms with Crippen molar-refractivity contribution < 1.29 is 19.1 Å². The largest absolute Gasteiger partial charge is 0.497 e. The number of nitrogens with one attached hydrogen (secondary N) is 1. The maximum Gasteiger partial charge on any atom is 0.338 e. The number of nitrogens with zero attached hydrogens (tertiary/aromatic N) is 2. The van der Waals surface area contributed by atoms with E-state index >= 15 is 0 Å². The molecule has 3 rings (SSSR count). The van der Waals surface area contributed by atoms with Crippen LogP contribution in [0.3, 0.4) is 0 Å². The second-order valence-electron chi connectivity index (χ2n) is 6.43. The van der Waals surface area contributed by atoms with Crippen LogP contribution in [-0.4, -0.2) is 41.4 Å². The maximum absolute atomic E-state index is 12.3. The molecule has 1 atom stereocenters. The zero-order chi connectivity index (χ0) is 20.6. The molecule has 29 heavy (non-hydrogen) atoms. The Morgan fingerprint density at radius 2 is 1.83 bits per heavy atom. The number of hydrogen-bond acceptors (Lipinski definition) is 5. The lowest BCUT2D eigenvalue weighted by atomic mass is 10.1. The van der Waals surface area contributed by atoms with Crippen LogP contribution >= 0.6 is 0 Å². The monoisotopic (exact) mass is 393 g/mol. The fourth-order valence-electron chi connectivity index (χ4n) is 2.72. The minimum atomic E-state index is -0.885. The third-order valence-corrected chi connectivity index (χ3v) is 4.40. The van der Waals surface area contributed by atoms with E-state index in [2.05, 4.69) is 10.4 Å². The van der Waals surface area contributed by atoms with Gasteiger partial charge in [0, 0.05) is 18.9 Å². The first-order valence-corrected chi connectivity index (χ1v) is 9.28. The standard InChI is InChI=1S/C22H23N3O4/c1-16(21(26)23-14-12-17-4-10-20(28-2)11-5-17)29-22(27)18-6-8-19(9-7-18)25-15-3-13-24-25/h3-11,13,15-16H,12,14H2,1-2H3,(H,23,26)/t16-/m1/s1. The second kappa shape index (κ2) is 9.54. The Hall–Kier alpha value is -3.61. The number of aromatic nitrogens is 2. The van der Waals surface area contributed by atoms with Crippen molar-refractivity contribution in [2.75, 3.05) is 13.7 Å². The average Bonchev–Trinajstić information content (AvgIpc) is 3.29. The highest BCUT2D eigenvalue weighted by Gasteiger charge is 2.18. The zero-order valence-corrected chi connectivity index (χ0v) is 16.4. The molecule has 1 aromatic heterocycles. The Morgan fingerprint density at radius 3 is 2.45 bits per heavy atom. The van der Waals surface area contributed by atoms with E-state index in [0.717, 1.165) is 17.0 Å². The Morgan fingerprint density at radius 1 is 1.10 bits per heavy atom. The lowest BCUT2D eigenvalue weighted by molar-refractivity contribution is -0.129. The molecule has 0 unspecified atom stereocenters. The van der Waals surface area contributed by atoms with Crippen LogP contribution in [-0.2, 0) is 16.0 Å². The van der Waals surface area contributed by atoms with Crippen molar-refractivity contribution in [1.29, 1.82) is 0 Å². The molecule has 1 heterocycles. The van der Waals surface area contributed by atoms with E-state index in [1.165, 1.54) is 0 Å². The fourth-order valence-corrected chi connectivity index (χ4v) is 2.72. The molecule has 0 aliphatic rings. The van der Waals surface area contributed by atoms with Crippen LogP contribution in [0.4, 0.5) is 0 Å². The molecule has 0 saturated heterocycles. The molecular weight excluding hydrogens is 370 g/mol. The van der Waals surface area contributed by atoms with E-state index in [0.29, 0.717) is 18.5 Å². The number of rotatable bonds is 8. The number of ether oxygens (including phenoxy) is 2. The Kier molecular flexibility index (Phi) is 6.63. The van der Waals surface area contributed by atoms with Crippen LogP contribution in [0, 0.1) is 0 Å². The average molecular weight is 393 g/mol. The third kappa shape index (κ3) is 5.44. The maximum atomic E-state index is 12.3.